The molecule has 0 unspecified atom stereocenters. The summed E-state index contributed by atoms with van der Waals surface area (Å²) in [6.07, 6.45) is 4.52. The van der Waals surface area contributed by atoms with Crippen molar-refractivity contribution in [1.82, 2.24) is 15.6 Å². The number of hydrogen-bond acceptors (Lipinski definition) is 4. The number of aromatic nitrogens is 1. The van der Waals surface area contributed by atoms with Crippen molar-refractivity contribution < 1.29 is 14.3 Å². The van der Waals surface area contributed by atoms with Gasteiger partial charge in [0.25, 0.3) is 0 Å². The van der Waals surface area contributed by atoms with E-state index in [-0.39, 0.29) is 12.5 Å². The molecule has 2 amide bonds. The van der Waals surface area contributed by atoms with Gasteiger partial charge in [-0.2, -0.15) is 0 Å². The molecule has 0 spiro atoms. The first kappa shape index (κ1) is 22.4. The Hall–Kier alpha value is -3.32. The lowest BCUT2D eigenvalue weighted by Gasteiger charge is -2.12. The predicted octanol–water partition coefficient (Wildman–Crippen LogP) is 3.25. The van der Waals surface area contributed by atoms with E-state index in [1.54, 1.807) is 0 Å². The van der Waals surface area contributed by atoms with Gasteiger partial charge in [-0.1, -0.05) is 48.5 Å². The summed E-state index contributed by atoms with van der Waals surface area (Å²) in [5, 5.41) is 6.73. The number of carbonyl (C=O) groups excluding carboxylic acids is 2. The standard InChI is InChI=1S/C24H30N4O3/c25-21(15-19-16-28-22-12-6-5-11-20(19)22)23(29)26-13-7-2-8-14-27-24(30)31-17-18-9-3-1-4-10-18/h1,3-6,9-12,16,21,28H,2,7-8,13-15,17,25H2,(H,26,29)(H,27,30)/t21-/m0/s1. The molecule has 0 aliphatic carbocycles. The second-order valence-corrected chi connectivity index (χ2v) is 7.51. The lowest BCUT2D eigenvalue weighted by molar-refractivity contribution is -0.122. The summed E-state index contributed by atoms with van der Waals surface area (Å²) in [5.41, 5.74) is 9.12. The predicted molar refractivity (Wildman–Crippen MR) is 121 cm³/mol. The van der Waals surface area contributed by atoms with Crippen molar-refractivity contribution in [3.05, 3.63) is 71.9 Å². The zero-order chi connectivity index (χ0) is 21.9. The quantitative estimate of drug-likeness (QED) is 0.356. The van der Waals surface area contributed by atoms with Crippen LogP contribution in [0.25, 0.3) is 10.9 Å². The summed E-state index contributed by atoms with van der Waals surface area (Å²) in [7, 11) is 0. The van der Waals surface area contributed by atoms with E-state index in [0.717, 1.165) is 41.3 Å². The molecule has 0 fully saturated rings. The van der Waals surface area contributed by atoms with E-state index in [4.69, 9.17) is 10.5 Å². The molecule has 0 aliphatic heterocycles. The van der Waals surface area contributed by atoms with E-state index in [1.807, 2.05) is 60.8 Å². The van der Waals surface area contributed by atoms with Crippen LogP contribution in [0.2, 0.25) is 0 Å². The van der Waals surface area contributed by atoms with Gasteiger partial charge >= 0.3 is 6.09 Å². The van der Waals surface area contributed by atoms with Crippen molar-refractivity contribution in [1.29, 1.82) is 0 Å². The average Bonchev–Trinajstić information content (AvgIpc) is 3.20. The molecule has 7 nitrogen and oxygen atoms in total. The van der Waals surface area contributed by atoms with Crippen LogP contribution in [0.3, 0.4) is 0 Å². The Morgan fingerprint density at radius 3 is 2.45 bits per heavy atom. The van der Waals surface area contributed by atoms with Crippen LogP contribution in [0.5, 0.6) is 0 Å². The number of H-pyrrole nitrogens is 1. The fourth-order valence-corrected chi connectivity index (χ4v) is 3.36. The molecule has 0 bridgehead atoms. The number of para-hydroxylation sites is 1. The number of ether oxygens (including phenoxy) is 1. The van der Waals surface area contributed by atoms with Gasteiger partial charge in [-0.05, 0) is 42.9 Å². The summed E-state index contributed by atoms with van der Waals surface area (Å²) in [6, 6.07) is 16.9. The first-order valence-corrected chi connectivity index (χ1v) is 10.7. The number of alkyl carbamates (subject to hydrolysis) is 1. The Kier molecular flexibility index (Phi) is 8.48. The topological polar surface area (TPSA) is 109 Å². The minimum atomic E-state index is -0.583. The smallest absolute Gasteiger partial charge is 0.407 e. The Morgan fingerprint density at radius 1 is 0.935 bits per heavy atom. The van der Waals surface area contributed by atoms with E-state index in [0.29, 0.717) is 19.5 Å². The zero-order valence-electron chi connectivity index (χ0n) is 17.6. The summed E-state index contributed by atoms with van der Waals surface area (Å²) in [5.74, 6) is -0.145. The van der Waals surface area contributed by atoms with Gasteiger partial charge in [0.1, 0.15) is 6.61 Å². The molecule has 0 saturated heterocycles. The molecule has 31 heavy (non-hydrogen) atoms. The van der Waals surface area contributed by atoms with Crippen molar-refractivity contribution in [2.75, 3.05) is 13.1 Å². The van der Waals surface area contributed by atoms with Crippen LogP contribution >= 0.6 is 0 Å². The Balaban J connectivity index is 1.23. The number of unbranched alkanes of at least 4 members (excludes halogenated alkanes) is 2. The number of hydrogen-bond donors (Lipinski definition) is 4. The fourth-order valence-electron chi connectivity index (χ4n) is 3.36. The van der Waals surface area contributed by atoms with Crippen molar-refractivity contribution in [2.45, 2.75) is 38.3 Å². The number of rotatable bonds is 11. The Morgan fingerprint density at radius 2 is 1.65 bits per heavy atom. The highest BCUT2D eigenvalue weighted by molar-refractivity contribution is 5.86. The van der Waals surface area contributed by atoms with Crippen LogP contribution in [0, 0.1) is 0 Å². The number of aromatic amines is 1. The highest BCUT2D eigenvalue weighted by Crippen LogP contribution is 2.18. The maximum Gasteiger partial charge on any atom is 0.407 e. The van der Waals surface area contributed by atoms with Crippen LogP contribution in [-0.2, 0) is 22.6 Å². The number of amides is 2. The monoisotopic (exact) mass is 422 g/mol. The molecule has 1 heterocycles. The maximum absolute atomic E-state index is 12.3. The van der Waals surface area contributed by atoms with Crippen molar-refractivity contribution >= 4 is 22.9 Å². The van der Waals surface area contributed by atoms with E-state index < -0.39 is 12.1 Å². The van der Waals surface area contributed by atoms with Crippen LogP contribution in [0.4, 0.5) is 4.79 Å². The second-order valence-electron chi connectivity index (χ2n) is 7.51. The van der Waals surface area contributed by atoms with Crippen molar-refractivity contribution in [3.8, 4) is 0 Å². The SMILES string of the molecule is N[C@@H](Cc1c[nH]c2ccccc12)C(=O)NCCCCCNC(=O)OCc1ccccc1. The number of nitrogens with two attached hydrogens (primary N) is 1. The summed E-state index contributed by atoms with van der Waals surface area (Å²) < 4.78 is 5.16. The first-order chi connectivity index (χ1) is 15.1. The molecule has 0 aliphatic rings. The fraction of sp³-hybridized carbons (Fsp3) is 0.333. The molecule has 3 aromatic rings. The van der Waals surface area contributed by atoms with Crippen molar-refractivity contribution in [3.63, 3.8) is 0 Å². The van der Waals surface area contributed by atoms with Crippen LogP contribution in [-0.4, -0.2) is 36.1 Å². The zero-order valence-corrected chi connectivity index (χ0v) is 17.6. The lowest BCUT2D eigenvalue weighted by atomic mass is 10.1. The van der Waals surface area contributed by atoms with E-state index in [9.17, 15) is 9.59 Å². The Bertz CT molecular complexity index is 971. The first-order valence-electron chi connectivity index (χ1n) is 10.7. The molecule has 3 rings (SSSR count). The third-order valence-electron chi connectivity index (χ3n) is 5.09. The molecule has 7 heteroatoms. The molecular weight excluding hydrogens is 392 g/mol. The average molecular weight is 423 g/mol. The van der Waals surface area contributed by atoms with Gasteiger partial charge in [0.15, 0.2) is 0 Å². The molecule has 164 valence electrons. The normalized spacial score (nSPS) is 11.8. The number of fused-ring (bicyclic) bond motifs is 1. The lowest BCUT2D eigenvalue weighted by Crippen LogP contribution is -2.42. The van der Waals surface area contributed by atoms with Gasteiger partial charge in [-0.3, -0.25) is 4.79 Å². The summed E-state index contributed by atoms with van der Waals surface area (Å²) in [6.45, 7) is 1.37. The van der Waals surface area contributed by atoms with Gasteiger partial charge in [0.05, 0.1) is 6.04 Å². The minimum absolute atomic E-state index is 0.145. The highest BCUT2D eigenvalue weighted by Gasteiger charge is 2.15. The highest BCUT2D eigenvalue weighted by atomic mass is 16.5. The molecule has 0 saturated carbocycles. The molecule has 0 radical (unpaired) electrons. The molecule has 2 aromatic carbocycles. The van der Waals surface area contributed by atoms with Gasteiger partial charge in [0.2, 0.25) is 5.91 Å². The number of nitrogens with one attached hydrogen (secondary N) is 3. The summed E-state index contributed by atoms with van der Waals surface area (Å²) in [4.78, 5) is 27.1. The van der Waals surface area contributed by atoms with Crippen LogP contribution in [0.15, 0.2) is 60.8 Å². The second kappa shape index (κ2) is 11.8. The summed E-state index contributed by atoms with van der Waals surface area (Å²) >= 11 is 0. The van der Waals surface area contributed by atoms with Gasteiger partial charge < -0.3 is 26.1 Å². The number of benzene rings is 2. The van der Waals surface area contributed by atoms with Crippen molar-refractivity contribution in [2.24, 2.45) is 5.73 Å². The number of carbonyl (C=O) groups is 2. The van der Waals surface area contributed by atoms with E-state index >= 15 is 0 Å². The van der Waals surface area contributed by atoms with Gasteiger partial charge in [-0.15, -0.1) is 0 Å². The van der Waals surface area contributed by atoms with Crippen LogP contribution in [0.1, 0.15) is 30.4 Å². The molecule has 1 atom stereocenters. The molecular formula is C24H30N4O3. The van der Waals surface area contributed by atoms with E-state index in [2.05, 4.69) is 15.6 Å². The Labute approximate surface area is 182 Å². The maximum atomic E-state index is 12.3. The molecule has 1 aromatic heterocycles. The minimum Gasteiger partial charge on any atom is -0.445 e. The van der Waals surface area contributed by atoms with Crippen LogP contribution < -0.4 is 16.4 Å². The van der Waals surface area contributed by atoms with Gasteiger partial charge in [0, 0.05) is 30.2 Å². The van der Waals surface area contributed by atoms with E-state index in [1.165, 1.54) is 0 Å². The third-order valence-corrected chi connectivity index (χ3v) is 5.09. The largest absolute Gasteiger partial charge is 0.445 e. The molecule has 5 N–H and O–H groups in total. The third kappa shape index (κ3) is 7.15. The van der Waals surface area contributed by atoms with Gasteiger partial charge in [-0.25, -0.2) is 4.79 Å².